The van der Waals surface area contributed by atoms with Gasteiger partial charge in [-0.3, -0.25) is 0 Å². The number of rotatable bonds is 3. The van der Waals surface area contributed by atoms with E-state index in [4.69, 9.17) is 21.6 Å². The summed E-state index contributed by atoms with van der Waals surface area (Å²) in [5.41, 5.74) is 3.77. The van der Waals surface area contributed by atoms with Crippen LogP contribution >= 0.6 is 11.6 Å². The van der Waals surface area contributed by atoms with E-state index in [0.717, 1.165) is 28.4 Å². The zero-order chi connectivity index (χ0) is 13.9. The van der Waals surface area contributed by atoms with Gasteiger partial charge in [-0.15, -0.1) is 0 Å². The molecule has 4 heteroatoms. The van der Waals surface area contributed by atoms with Crippen molar-refractivity contribution in [2.24, 2.45) is 0 Å². The molecule has 0 spiro atoms. The first-order valence-electron chi connectivity index (χ1n) is 6.44. The first-order valence-corrected chi connectivity index (χ1v) is 6.82. The van der Waals surface area contributed by atoms with Crippen LogP contribution in [0.15, 0.2) is 36.4 Å². The van der Waals surface area contributed by atoms with Gasteiger partial charge in [0.25, 0.3) is 0 Å². The van der Waals surface area contributed by atoms with Crippen LogP contribution in [-0.2, 0) is 13.0 Å². The van der Waals surface area contributed by atoms with Crippen LogP contribution in [0.25, 0.3) is 0 Å². The van der Waals surface area contributed by atoms with Gasteiger partial charge in [0.05, 0.1) is 18.2 Å². The second-order valence-corrected chi connectivity index (χ2v) is 5.13. The molecule has 0 radical (unpaired) electrons. The maximum Gasteiger partial charge on any atom is 0.127 e. The van der Waals surface area contributed by atoms with E-state index < -0.39 is 0 Å². The molecule has 1 aliphatic heterocycles. The van der Waals surface area contributed by atoms with E-state index in [9.17, 15) is 0 Å². The number of nitrogens with one attached hydrogen (secondary N) is 1. The van der Waals surface area contributed by atoms with Gasteiger partial charge in [0, 0.05) is 29.2 Å². The molecule has 3 rings (SSSR count). The summed E-state index contributed by atoms with van der Waals surface area (Å²) in [6.45, 7) is 1.34. The van der Waals surface area contributed by atoms with Gasteiger partial charge in [-0.05, 0) is 35.9 Å². The highest BCUT2D eigenvalue weighted by molar-refractivity contribution is 6.30. The molecule has 2 aromatic rings. The van der Waals surface area contributed by atoms with Crippen LogP contribution < -0.4 is 10.1 Å². The van der Waals surface area contributed by atoms with E-state index in [0.29, 0.717) is 18.7 Å². The van der Waals surface area contributed by atoms with E-state index >= 15 is 0 Å². The molecule has 1 aliphatic rings. The Labute approximate surface area is 122 Å². The first-order chi connectivity index (χ1) is 9.76. The molecular formula is C16H13ClN2O. The summed E-state index contributed by atoms with van der Waals surface area (Å²) in [5, 5.41) is 12.9. The Balaban J connectivity index is 1.80. The largest absolute Gasteiger partial charge is 0.493 e. The Morgan fingerprint density at radius 2 is 2.20 bits per heavy atom. The van der Waals surface area contributed by atoms with Gasteiger partial charge >= 0.3 is 0 Å². The number of fused-ring (bicyclic) bond motifs is 1. The number of nitrogens with zero attached hydrogens (tertiary/aromatic N) is 1. The van der Waals surface area contributed by atoms with Crippen molar-refractivity contribution in [3.05, 3.63) is 58.1 Å². The van der Waals surface area contributed by atoms with Crippen LogP contribution in [-0.4, -0.2) is 6.61 Å². The van der Waals surface area contributed by atoms with Gasteiger partial charge in [-0.2, -0.15) is 5.26 Å². The minimum atomic E-state index is 0.623. The molecule has 2 aromatic carbocycles. The number of nitriles is 1. The summed E-state index contributed by atoms with van der Waals surface area (Å²) in [7, 11) is 0. The van der Waals surface area contributed by atoms with Crippen LogP contribution in [0.2, 0.25) is 5.02 Å². The van der Waals surface area contributed by atoms with Gasteiger partial charge in [0.2, 0.25) is 0 Å². The number of benzene rings is 2. The summed E-state index contributed by atoms with van der Waals surface area (Å²) >= 11 is 6.13. The maximum atomic E-state index is 8.90. The lowest BCUT2D eigenvalue weighted by atomic mass is 10.1. The van der Waals surface area contributed by atoms with Crippen LogP contribution in [0.3, 0.4) is 0 Å². The molecular weight excluding hydrogens is 272 g/mol. The highest BCUT2D eigenvalue weighted by atomic mass is 35.5. The lowest BCUT2D eigenvalue weighted by Gasteiger charge is -2.11. The van der Waals surface area contributed by atoms with Gasteiger partial charge < -0.3 is 10.1 Å². The summed E-state index contributed by atoms with van der Waals surface area (Å²) in [5.74, 6) is 0.943. The van der Waals surface area contributed by atoms with Crippen LogP contribution in [0.1, 0.15) is 16.7 Å². The monoisotopic (exact) mass is 284 g/mol. The van der Waals surface area contributed by atoms with Crippen molar-refractivity contribution >= 4 is 17.3 Å². The fourth-order valence-electron chi connectivity index (χ4n) is 2.37. The molecule has 0 amide bonds. The highest BCUT2D eigenvalue weighted by Crippen LogP contribution is 2.33. The number of anilines is 1. The van der Waals surface area contributed by atoms with Crippen molar-refractivity contribution in [3.63, 3.8) is 0 Å². The molecule has 0 fully saturated rings. The van der Waals surface area contributed by atoms with Gasteiger partial charge in [0.1, 0.15) is 5.75 Å². The van der Waals surface area contributed by atoms with E-state index in [1.54, 1.807) is 6.07 Å². The van der Waals surface area contributed by atoms with Crippen molar-refractivity contribution in [1.82, 2.24) is 0 Å². The smallest absolute Gasteiger partial charge is 0.127 e. The van der Waals surface area contributed by atoms with E-state index in [2.05, 4.69) is 11.4 Å². The number of hydrogen-bond donors (Lipinski definition) is 1. The third-order valence-corrected chi connectivity index (χ3v) is 3.52. The second-order valence-electron chi connectivity index (χ2n) is 4.70. The normalized spacial score (nSPS) is 12.4. The molecule has 0 unspecified atom stereocenters. The lowest BCUT2D eigenvalue weighted by molar-refractivity contribution is 0.354. The summed E-state index contributed by atoms with van der Waals surface area (Å²) in [6, 6.07) is 13.4. The first kappa shape index (κ1) is 12.8. The predicted molar refractivity (Wildman–Crippen MR) is 79.1 cm³/mol. The third kappa shape index (κ3) is 2.56. The maximum absolute atomic E-state index is 8.90. The van der Waals surface area contributed by atoms with Crippen LogP contribution in [0, 0.1) is 11.3 Å². The fourth-order valence-corrected chi connectivity index (χ4v) is 2.64. The van der Waals surface area contributed by atoms with Crippen molar-refractivity contribution in [1.29, 1.82) is 5.26 Å². The zero-order valence-corrected chi connectivity index (χ0v) is 11.6. The molecule has 0 saturated carbocycles. The second kappa shape index (κ2) is 5.44. The fraction of sp³-hybridized carbons (Fsp3) is 0.188. The van der Waals surface area contributed by atoms with E-state index in [-0.39, 0.29) is 0 Å². The molecule has 0 bridgehead atoms. The van der Waals surface area contributed by atoms with E-state index in [1.807, 2.05) is 30.3 Å². The molecule has 0 aromatic heterocycles. The van der Waals surface area contributed by atoms with Gasteiger partial charge in [-0.1, -0.05) is 17.7 Å². The third-order valence-electron chi connectivity index (χ3n) is 3.30. The summed E-state index contributed by atoms with van der Waals surface area (Å²) < 4.78 is 5.67. The Morgan fingerprint density at radius 1 is 1.30 bits per heavy atom. The standard InChI is InChI=1S/C16H13ClN2O/c17-14-7-12-4-5-20-16(12)13(8-14)10-19-15-3-1-2-11(6-15)9-18/h1-3,6-8,19H,4-5,10H2. The number of hydrogen-bond acceptors (Lipinski definition) is 3. The van der Waals surface area contributed by atoms with Crippen molar-refractivity contribution in [2.45, 2.75) is 13.0 Å². The Hall–Kier alpha value is -2.18. The number of ether oxygens (including phenoxy) is 1. The molecule has 0 saturated heterocycles. The SMILES string of the molecule is N#Cc1cccc(NCc2cc(Cl)cc3c2OCC3)c1. The molecule has 1 heterocycles. The Morgan fingerprint density at radius 3 is 3.05 bits per heavy atom. The minimum Gasteiger partial charge on any atom is -0.493 e. The summed E-state index contributed by atoms with van der Waals surface area (Å²) in [6.07, 6.45) is 0.910. The molecule has 20 heavy (non-hydrogen) atoms. The molecule has 100 valence electrons. The Kier molecular flexibility index (Phi) is 3.49. The summed E-state index contributed by atoms with van der Waals surface area (Å²) in [4.78, 5) is 0. The van der Waals surface area contributed by atoms with Crippen molar-refractivity contribution in [3.8, 4) is 11.8 Å². The average molecular weight is 285 g/mol. The predicted octanol–water partition coefficient (Wildman–Crippen LogP) is 3.76. The Bertz CT molecular complexity index is 691. The van der Waals surface area contributed by atoms with Crippen molar-refractivity contribution < 1.29 is 4.74 Å². The molecule has 0 atom stereocenters. The minimum absolute atomic E-state index is 0.623. The van der Waals surface area contributed by atoms with E-state index in [1.165, 1.54) is 5.56 Å². The van der Waals surface area contributed by atoms with Crippen LogP contribution in [0.5, 0.6) is 5.75 Å². The molecule has 1 N–H and O–H groups in total. The number of halogens is 1. The quantitative estimate of drug-likeness (QED) is 0.933. The lowest BCUT2D eigenvalue weighted by Crippen LogP contribution is -2.02. The van der Waals surface area contributed by atoms with Gasteiger partial charge in [0.15, 0.2) is 0 Å². The van der Waals surface area contributed by atoms with Crippen molar-refractivity contribution in [2.75, 3.05) is 11.9 Å². The zero-order valence-electron chi connectivity index (χ0n) is 10.8. The van der Waals surface area contributed by atoms with Gasteiger partial charge in [-0.25, -0.2) is 0 Å². The van der Waals surface area contributed by atoms with Crippen LogP contribution in [0.4, 0.5) is 5.69 Å². The molecule has 0 aliphatic carbocycles. The topological polar surface area (TPSA) is 45.0 Å². The average Bonchev–Trinajstić information content (AvgIpc) is 2.93. The molecule has 3 nitrogen and oxygen atoms in total. The highest BCUT2D eigenvalue weighted by Gasteiger charge is 2.17.